The van der Waals surface area contributed by atoms with E-state index in [9.17, 15) is 9.59 Å². The molecule has 3 heterocycles. The van der Waals surface area contributed by atoms with Gasteiger partial charge in [0.15, 0.2) is 17.3 Å². The zero-order valence-electron chi connectivity index (χ0n) is 15.4. The second kappa shape index (κ2) is 6.94. The third-order valence-electron chi connectivity index (χ3n) is 4.59. The van der Waals surface area contributed by atoms with Crippen molar-refractivity contribution in [2.24, 2.45) is 0 Å². The van der Waals surface area contributed by atoms with Crippen LogP contribution in [0, 0.1) is 0 Å². The first-order valence-corrected chi connectivity index (χ1v) is 9.14. The molecule has 2 aliphatic heterocycles. The van der Waals surface area contributed by atoms with Gasteiger partial charge in [0.1, 0.15) is 5.69 Å². The lowest BCUT2D eigenvalue weighted by atomic mass is 10.1. The lowest BCUT2D eigenvalue weighted by Crippen LogP contribution is -2.31. The second-order valence-electron chi connectivity index (χ2n) is 6.99. The van der Waals surface area contributed by atoms with Crippen LogP contribution in [-0.2, 0) is 13.0 Å². The summed E-state index contributed by atoms with van der Waals surface area (Å²) >= 11 is 0. The number of nitrogens with zero attached hydrogens (tertiary/aromatic N) is 2. The Bertz CT molecular complexity index is 903. The van der Waals surface area contributed by atoms with E-state index in [2.05, 4.69) is 15.6 Å². The second-order valence-corrected chi connectivity index (χ2v) is 6.99. The van der Waals surface area contributed by atoms with Crippen molar-refractivity contribution in [1.82, 2.24) is 14.9 Å². The van der Waals surface area contributed by atoms with Gasteiger partial charge in [-0.15, -0.1) is 0 Å². The molecule has 2 N–H and O–H groups in total. The lowest BCUT2D eigenvalue weighted by Gasteiger charge is -2.17. The van der Waals surface area contributed by atoms with Crippen molar-refractivity contribution in [1.29, 1.82) is 0 Å². The van der Waals surface area contributed by atoms with E-state index < -0.39 is 0 Å². The van der Waals surface area contributed by atoms with Crippen LogP contribution in [0.15, 0.2) is 18.2 Å². The molecule has 142 valence electrons. The zero-order valence-corrected chi connectivity index (χ0v) is 15.4. The Hall–Kier alpha value is -3.03. The molecule has 0 atom stereocenters. The largest absolute Gasteiger partial charge is 0.454 e. The molecule has 2 amide bonds. The van der Waals surface area contributed by atoms with Gasteiger partial charge in [0, 0.05) is 24.3 Å². The fraction of sp³-hybridized carbons (Fsp3) is 0.421. The average Bonchev–Trinajstić information content (AvgIpc) is 3.25. The van der Waals surface area contributed by atoms with Gasteiger partial charge in [-0.25, -0.2) is 4.98 Å². The van der Waals surface area contributed by atoms with E-state index in [1.54, 1.807) is 18.2 Å². The molecule has 1 aromatic carbocycles. The van der Waals surface area contributed by atoms with Crippen LogP contribution < -0.4 is 20.1 Å². The number of hydrogen-bond donors (Lipinski definition) is 2. The highest BCUT2D eigenvalue weighted by Crippen LogP contribution is 2.34. The molecule has 0 bridgehead atoms. The Balaban J connectivity index is 1.61. The van der Waals surface area contributed by atoms with Gasteiger partial charge < -0.3 is 24.7 Å². The average molecular weight is 370 g/mol. The van der Waals surface area contributed by atoms with Crippen molar-refractivity contribution in [3.8, 4) is 11.5 Å². The molecule has 0 aliphatic carbocycles. The summed E-state index contributed by atoms with van der Waals surface area (Å²) in [5, 5.41) is 5.70. The van der Waals surface area contributed by atoms with Crippen LogP contribution in [-0.4, -0.2) is 34.2 Å². The maximum atomic E-state index is 12.8. The minimum atomic E-state index is -0.347. The van der Waals surface area contributed by atoms with Crippen LogP contribution in [0.1, 0.15) is 53.5 Å². The van der Waals surface area contributed by atoms with Gasteiger partial charge in [-0.2, -0.15) is 0 Å². The highest BCUT2D eigenvalue weighted by Gasteiger charge is 2.28. The highest BCUT2D eigenvalue weighted by atomic mass is 16.7. The van der Waals surface area contributed by atoms with E-state index in [0.717, 1.165) is 25.0 Å². The summed E-state index contributed by atoms with van der Waals surface area (Å²) in [4.78, 5) is 29.7. The van der Waals surface area contributed by atoms with Crippen molar-refractivity contribution in [3.05, 3.63) is 35.4 Å². The third kappa shape index (κ3) is 3.34. The molecule has 0 saturated heterocycles. The number of imidazole rings is 1. The summed E-state index contributed by atoms with van der Waals surface area (Å²) in [7, 11) is 0. The van der Waals surface area contributed by atoms with E-state index >= 15 is 0 Å². The molecule has 0 radical (unpaired) electrons. The molecular weight excluding hydrogens is 348 g/mol. The summed E-state index contributed by atoms with van der Waals surface area (Å²) in [6.45, 7) is 4.65. The number of anilines is 1. The van der Waals surface area contributed by atoms with Crippen molar-refractivity contribution < 1.29 is 19.1 Å². The summed E-state index contributed by atoms with van der Waals surface area (Å²) in [5.41, 5.74) is 1.76. The zero-order chi connectivity index (χ0) is 19.0. The summed E-state index contributed by atoms with van der Waals surface area (Å²) in [6.07, 6.45) is 2.68. The molecule has 27 heavy (non-hydrogen) atoms. The van der Waals surface area contributed by atoms with Crippen LogP contribution in [0.3, 0.4) is 0 Å². The monoisotopic (exact) mass is 370 g/mol. The Labute approximate surface area is 156 Å². The number of benzene rings is 1. The molecule has 8 nitrogen and oxygen atoms in total. The predicted molar refractivity (Wildman–Crippen MR) is 98.3 cm³/mol. The van der Waals surface area contributed by atoms with Crippen LogP contribution >= 0.6 is 0 Å². The fourth-order valence-corrected chi connectivity index (χ4v) is 3.39. The van der Waals surface area contributed by atoms with E-state index in [0.29, 0.717) is 29.4 Å². The molecule has 1 aromatic heterocycles. The van der Waals surface area contributed by atoms with E-state index in [4.69, 9.17) is 9.47 Å². The van der Waals surface area contributed by atoms with Gasteiger partial charge >= 0.3 is 0 Å². The molecule has 8 heteroatoms. The van der Waals surface area contributed by atoms with Crippen molar-refractivity contribution in [2.45, 2.75) is 45.7 Å². The lowest BCUT2D eigenvalue weighted by molar-refractivity contribution is 0.0937. The number of amides is 2. The van der Waals surface area contributed by atoms with Crippen LogP contribution in [0.4, 0.5) is 5.69 Å². The first kappa shape index (κ1) is 17.4. The minimum absolute atomic E-state index is 0.00403. The van der Waals surface area contributed by atoms with Gasteiger partial charge in [0.05, 0.1) is 5.69 Å². The quantitative estimate of drug-likeness (QED) is 0.861. The Kier molecular flexibility index (Phi) is 4.47. The maximum absolute atomic E-state index is 12.8. The smallest absolute Gasteiger partial charge is 0.291 e. The number of aromatic nitrogens is 2. The molecule has 2 aromatic rings. The normalized spacial score (nSPS) is 14.8. The topological polar surface area (TPSA) is 94.5 Å². The standard InChI is InChI=1S/C19H22N4O4/c1-11(2)20-18(24)16-13-5-3-4-8-23(13)17(22-16)19(25)21-12-6-7-14-15(9-12)27-10-26-14/h6-7,9,11H,3-5,8,10H2,1-2H3,(H,20,24)(H,21,25). The Morgan fingerprint density at radius 3 is 2.78 bits per heavy atom. The van der Waals surface area contributed by atoms with Crippen LogP contribution in [0.5, 0.6) is 11.5 Å². The Morgan fingerprint density at radius 2 is 1.96 bits per heavy atom. The summed E-state index contributed by atoms with van der Waals surface area (Å²) in [5.74, 6) is 0.920. The first-order chi connectivity index (χ1) is 13.0. The summed E-state index contributed by atoms with van der Waals surface area (Å²) < 4.78 is 12.5. The van der Waals surface area contributed by atoms with Gasteiger partial charge in [-0.1, -0.05) is 0 Å². The maximum Gasteiger partial charge on any atom is 0.291 e. The molecule has 0 saturated carbocycles. The number of hydrogen-bond acceptors (Lipinski definition) is 5. The van der Waals surface area contributed by atoms with E-state index in [-0.39, 0.29) is 30.5 Å². The number of fused-ring (bicyclic) bond motifs is 2. The number of rotatable bonds is 4. The van der Waals surface area contributed by atoms with Gasteiger partial charge in [0.2, 0.25) is 6.79 Å². The molecule has 4 rings (SSSR count). The molecular formula is C19H22N4O4. The van der Waals surface area contributed by atoms with Gasteiger partial charge in [0.25, 0.3) is 11.8 Å². The van der Waals surface area contributed by atoms with E-state index in [1.165, 1.54) is 0 Å². The third-order valence-corrected chi connectivity index (χ3v) is 4.59. The SMILES string of the molecule is CC(C)NC(=O)c1nc(C(=O)Nc2ccc3c(c2)OCO3)n2c1CCCC2. The highest BCUT2D eigenvalue weighted by molar-refractivity contribution is 6.04. The van der Waals surface area contributed by atoms with Gasteiger partial charge in [-0.3, -0.25) is 9.59 Å². The van der Waals surface area contributed by atoms with Gasteiger partial charge in [-0.05, 0) is 45.2 Å². The van der Waals surface area contributed by atoms with E-state index in [1.807, 2.05) is 18.4 Å². The summed E-state index contributed by atoms with van der Waals surface area (Å²) in [6, 6.07) is 5.22. The first-order valence-electron chi connectivity index (χ1n) is 9.14. The molecule has 0 spiro atoms. The Morgan fingerprint density at radius 1 is 1.15 bits per heavy atom. The number of ether oxygens (including phenoxy) is 2. The number of carbonyl (C=O) groups excluding carboxylic acids is 2. The molecule has 0 fully saturated rings. The molecule has 2 aliphatic rings. The van der Waals surface area contributed by atoms with Crippen LogP contribution in [0.25, 0.3) is 0 Å². The minimum Gasteiger partial charge on any atom is -0.454 e. The van der Waals surface area contributed by atoms with Crippen molar-refractivity contribution in [3.63, 3.8) is 0 Å². The number of nitrogens with one attached hydrogen (secondary N) is 2. The fourth-order valence-electron chi connectivity index (χ4n) is 3.39. The van der Waals surface area contributed by atoms with Crippen molar-refractivity contribution >= 4 is 17.5 Å². The number of carbonyl (C=O) groups is 2. The predicted octanol–water partition coefficient (Wildman–Crippen LogP) is 2.34. The molecule has 0 unspecified atom stereocenters. The van der Waals surface area contributed by atoms with Crippen molar-refractivity contribution in [2.75, 3.05) is 12.1 Å². The van der Waals surface area contributed by atoms with Crippen LogP contribution in [0.2, 0.25) is 0 Å².